The zero-order valence-electron chi connectivity index (χ0n) is 34.7. The highest BCUT2D eigenvalue weighted by Crippen LogP contribution is 2.41. The summed E-state index contributed by atoms with van der Waals surface area (Å²) in [4.78, 5) is 5.68. The van der Waals surface area contributed by atoms with Gasteiger partial charge in [-0.2, -0.15) is 0 Å². The van der Waals surface area contributed by atoms with Gasteiger partial charge in [0.05, 0.1) is 5.70 Å². The van der Waals surface area contributed by atoms with Crippen LogP contribution < -0.4 is 0 Å². The van der Waals surface area contributed by atoms with E-state index in [1.165, 1.54) is 60.1 Å². The monoisotopic (exact) mass is 785 g/mol. The van der Waals surface area contributed by atoms with Crippen LogP contribution in [0, 0.1) is 0 Å². The molecule has 0 aliphatic rings. The summed E-state index contributed by atoms with van der Waals surface area (Å²) >= 11 is 0. The SMILES string of the molecule is CCC/C=C(\N=C(/CC/C(C)=C\c1ccc2ccccc2c1)c1ccc(-c2ccc3ccccc3c2)cc1)c1cccc2oc3c(-c4cccc5ccccc45)cccc3c12. The summed E-state index contributed by atoms with van der Waals surface area (Å²) in [7, 11) is 0. The van der Waals surface area contributed by atoms with Crippen LogP contribution in [0.5, 0.6) is 0 Å². The number of furan rings is 1. The highest BCUT2D eigenvalue weighted by molar-refractivity contribution is 6.16. The summed E-state index contributed by atoms with van der Waals surface area (Å²) in [5.74, 6) is 0. The van der Waals surface area contributed by atoms with Crippen LogP contribution in [0.15, 0.2) is 209 Å². The van der Waals surface area contributed by atoms with Crippen LogP contribution in [0.3, 0.4) is 0 Å². The van der Waals surface area contributed by atoms with Gasteiger partial charge in [0.1, 0.15) is 11.2 Å². The molecule has 0 bridgehead atoms. The maximum atomic E-state index is 6.83. The Morgan fingerprint density at radius 1 is 0.541 bits per heavy atom. The molecule has 0 fully saturated rings. The molecule has 10 rings (SSSR count). The van der Waals surface area contributed by atoms with Crippen molar-refractivity contribution in [2.45, 2.75) is 39.5 Å². The molecule has 61 heavy (non-hydrogen) atoms. The van der Waals surface area contributed by atoms with Crippen molar-refractivity contribution in [3.8, 4) is 22.3 Å². The van der Waals surface area contributed by atoms with Crippen molar-refractivity contribution in [2.24, 2.45) is 4.99 Å². The summed E-state index contributed by atoms with van der Waals surface area (Å²) in [5.41, 5.74) is 13.3. The lowest BCUT2D eigenvalue weighted by Crippen LogP contribution is -2.03. The highest BCUT2D eigenvalue weighted by atomic mass is 16.3. The van der Waals surface area contributed by atoms with Crippen LogP contribution in [-0.2, 0) is 0 Å². The van der Waals surface area contributed by atoms with Gasteiger partial charge in [-0.05, 0) is 105 Å². The summed E-state index contributed by atoms with van der Waals surface area (Å²) in [6, 6.07) is 67.7. The molecule has 1 heterocycles. The second-order valence-corrected chi connectivity index (χ2v) is 16.2. The van der Waals surface area contributed by atoms with E-state index in [2.05, 4.69) is 214 Å². The minimum Gasteiger partial charge on any atom is -0.455 e. The Labute approximate surface area is 357 Å². The highest BCUT2D eigenvalue weighted by Gasteiger charge is 2.19. The average Bonchev–Trinajstić information content (AvgIpc) is 3.71. The molecule has 0 saturated heterocycles. The first kappa shape index (κ1) is 37.9. The predicted molar refractivity (Wildman–Crippen MR) is 262 cm³/mol. The Balaban J connectivity index is 1.07. The molecule has 9 aromatic carbocycles. The lowest BCUT2D eigenvalue weighted by Gasteiger charge is -2.13. The standard InChI is InChI=1S/C59H47NO/c1-3-4-25-56(53-23-13-26-57-58(53)54-24-12-22-52(59(54)61-57)51-21-11-19-45-16-9-10-20-50(45)51)60-55(36-27-40(2)37-41-28-29-42-14-5-7-17-47(42)38-41)46-33-30-44(31-34-46)49-35-32-43-15-6-8-18-48(43)39-49/h5-26,28-35,37-39H,3-4,27,36H2,1-2H3/b40-37-,56-25-,60-55+. The van der Waals surface area contributed by atoms with Crippen molar-refractivity contribution >= 4 is 71.7 Å². The summed E-state index contributed by atoms with van der Waals surface area (Å²) in [5, 5.41) is 9.65. The first-order chi connectivity index (χ1) is 30.1. The Morgan fingerprint density at radius 2 is 1.18 bits per heavy atom. The Kier molecular flexibility index (Phi) is 10.4. The van der Waals surface area contributed by atoms with Crippen molar-refractivity contribution in [1.82, 2.24) is 0 Å². The van der Waals surface area contributed by atoms with Crippen molar-refractivity contribution in [3.63, 3.8) is 0 Å². The fourth-order valence-electron chi connectivity index (χ4n) is 8.83. The first-order valence-electron chi connectivity index (χ1n) is 21.6. The number of para-hydroxylation sites is 1. The zero-order chi connectivity index (χ0) is 41.1. The minimum atomic E-state index is 0.794. The van der Waals surface area contributed by atoms with Gasteiger partial charge in [-0.1, -0.05) is 201 Å². The molecular formula is C59H47NO. The molecule has 0 radical (unpaired) electrons. The van der Waals surface area contributed by atoms with Crippen LogP contribution in [0.4, 0.5) is 0 Å². The third-order valence-corrected chi connectivity index (χ3v) is 12.0. The van der Waals surface area contributed by atoms with E-state index in [9.17, 15) is 0 Å². The number of unbranched alkanes of at least 4 members (excludes halogenated alkanes) is 1. The fourth-order valence-corrected chi connectivity index (χ4v) is 8.83. The van der Waals surface area contributed by atoms with Crippen LogP contribution in [0.1, 0.15) is 56.2 Å². The van der Waals surface area contributed by atoms with E-state index >= 15 is 0 Å². The number of fused-ring (bicyclic) bond motifs is 6. The molecule has 0 aliphatic heterocycles. The van der Waals surface area contributed by atoms with Gasteiger partial charge in [-0.3, -0.25) is 4.99 Å². The number of hydrogen-bond donors (Lipinski definition) is 0. The lowest BCUT2D eigenvalue weighted by molar-refractivity contribution is 0.670. The number of nitrogens with zero attached hydrogens (tertiary/aromatic N) is 1. The predicted octanol–water partition coefficient (Wildman–Crippen LogP) is 16.9. The van der Waals surface area contributed by atoms with E-state index in [1.807, 2.05) is 0 Å². The zero-order valence-corrected chi connectivity index (χ0v) is 34.7. The van der Waals surface area contributed by atoms with Crippen molar-refractivity contribution in [2.75, 3.05) is 0 Å². The number of hydrogen-bond acceptors (Lipinski definition) is 2. The van der Waals surface area contributed by atoms with Crippen LogP contribution in [0.25, 0.3) is 88.3 Å². The molecule has 0 atom stereocenters. The molecule has 2 nitrogen and oxygen atoms in total. The Hall–Kier alpha value is -7.29. The minimum absolute atomic E-state index is 0.794. The first-order valence-corrected chi connectivity index (χ1v) is 21.6. The van der Waals surface area contributed by atoms with Crippen molar-refractivity contribution < 1.29 is 4.42 Å². The topological polar surface area (TPSA) is 25.5 Å². The second-order valence-electron chi connectivity index (χ2n) is 16.2. The maximum Gasteiger partial charge on any atom is 0.143 e. The molecule has 2 heteroatoms. The molecule has 0 saturated carbocycles. The average molecular weight is 786 g/mol. The van der Waals surface area contributed by atoms with Gasteiger partial charge in [0.15, 0.2) is 0 Å². The van der Waals surface area contributed by atoms with Crippen LogP contribution in [-0.4, -0.2) is 5.71 Å². The van der Waals surface area contributed by atoms with Gasteiger partial charge < -0.3 is 4.42 Å². The smallest absolute Gasteiger partial charge is 0.143 e. The second kappa shape index (κ2) is 16.8. The van der Waals surface area contributed by atoms with Gasteiger partial charge in [-0.25, -0.2) is 0 Å². The fraction of sp³-hybridized carbons (Fsp3) is 0.102. The van der Waals surface area contributed by atoms with Crippen LogP contribution in [0.2, 0.25) is 0 Å². The third-order valence-electron chi connectivity index (χ3n) is 12.0. The number of benzene rings is 9. The van der Waals surface area contributed by atoms with Crippen molar-refractivity contribution in [3.05, 3.63) is 216 Å². The van der Waals surface area contributed by atoms with E-state index in [0.29, 0.717) is 0 Å². The number of rotatable bonds is 11. The van der Waals surface area contributed by atoms with E-state index < -0.39 is 0 Å². The van der Waals surface area contributed by atoms with Crippen LogP contribution >= 0.6 is 0 Å². The molecule has 0 aliphatic carbocycles. The number of aliphatic imine (C=N–C) groups is 1. The summed E-state index contributed by atoms with van der Waals surface area (Å²) in [6.07, 6.45) is 8.27. The molecular weight excluding hydrogens is 739 g/mol. The van der Waals surface area contributed by atoms with E-state index in [1.54, 1.807) is 0 Å². The van der Waals surface area contributed by atoms with Gasteiger partial charge >= 0.3 is 0 Å². The van der Waals surface area contributed by atoms with E-state index in [-0.39, 0.29) is 0 Å². The summed E-state index contributed by atoms with van der Waals surface area (Å²) in [6.45, 7) is 4.48. The molecule has 0 N–H and O–H groups in total. The molecule has 0 amide bonds. The molecule has 0 unspecified atom stereocenters. The van der Waals surface area contributed by atoms with E-state index in [4.69, 9.17) is 9.41 Å². The Morgan fingerprint density at radius 3 is 1.98 bits per heavy atom. The summed E-state index contributed by atoms with van der Waals surface area (Å²) < 4.78 is 6.83. The normalized spacial score (nSPS) is 12.7. The van der Waals surface area contributed by atoms with Gasteiger partial charge in [-0.15, -0.1) is 0 Å². The molecule has 1 aromatic heterocycles. The molecule has 0 spiro atoms. The lowest BCUT2D eigenvalue weighted by atomic mass is 9.95. The number of allylic oxidation sites excluding steroid dienone is 2. The third kappa shape index (κ3) is 7.70. The maximum absolute atomic E-state index is 6.83. The van der Waals surface area contributed by atoms with Gasteiger partial charge in [0.2, 0.25) is 0 Å². The van der Waals surface area contributed by atoms with Gasteiger partial charge in [0, 0.05) is 27.6 Å². The molecule has 294 valence electrons. The quantitative estimate of drug-likeness (QED) is 0.120. The van der Waals surface area contributed by atoms with Gasteiger partial charge in [0.25, 0.3) is 0 Å². The Bertz CT molecular complexity index is 3320. The van der Waals surface area contributed by atoms with Crippen molar-refractivity contribution in [1.29, 1.82) is 0 Å². The largest absolute Gasteiger partial charge is 0.455 e. The molecule has 10 aromatic rings. The van der Waals surface area contributed by atoms with E-state index in [0.717, 1.165) is 75.7 Å².